The van der Waals surface area contributed by atoms with Crippen LogP contribution in [0.2, 0.25) is 0 Å². The largest absolute Gasteiger partial charge is 0.346 e. The Morgan fingerprint density at radius 1 is 1.53 bits per heavy atom. The number of hydrogen-bond donors (Lipinski definition) is 2. The average molecular weight is 297 g/mol. The smallest absolute Gasteiger partial charge is 0.252 e. The number of carbonyl (C=O) groups excluding carboxylic acids is 1. The minimum Gasteiger partial charge on any atom is -0.346 e. The Hall–Kier alpha value is -0.870. The van der Waals surface area contributed by atoms with E-state index >= 15 is 0 Å². The molecule has 0 radical (unpaired) electrons. The number of carbonyl (C=O) groups is 1. The van der Waals surface area contributed by atoms with Crippen LogP contribution in [-0.2, 0) is 0 Å². The molecule has 1 saturated heterocycles. The highest BCUT2D eigenvalue weighted by Crippen LogP contribution is 2.18. The first-order chi connectivity index (χ1) is 8.00. The van der Waals surface area contributed by atoms with Crippen LogP contribution in [0.25, 0.3) is 0 Å². The Morgan fingerprint density at radius 3 is 2.88 bits per heavy atom. The number of aryl methyl sites for hydroxylation is 1. The van der Waals surface area contributed by atoms with Crippen LogP contribution in [0.1, 0.15) is 29.3 Å². The van der Waals surface area contributed by atoms with Gasteiger partial charge in [-0.15, -0.1) is 0 Å². The van der Waals surface area contributed by atoms with E-state index in [1.165, 1.54) is 0 Å². The Labute approximate surface area is 110 Å². The van der Waals surface area contributed by atoms with Crippen LogP contribution in [0, 0.1) is 6.92 Å². The molecule has 3 nitrogen and oxygen atoms in total. The average Bonchev–Trinajstić information content (AvgIpc) is 2.64. The normalized spacial score (nSPS) is 23.7. The SMILES string of the molecule is Cc1cc(Br)ccc1C(=O)NC1(C)CCNC1. The fourth-order valence-electron chi connectivity index (χ4n) is 2.15. The lowest BCUT2D eigenvalue weighted by molar-refractivity contribution is 0.0912. The van der Waals surface area contributed by atoms with Gasteiger partial charge in [-0.1, -0.05) is 15.9 Å². The molecule has 0 aliphatic carbocycles. The predicted molar refractivity (Wildman–Crippen MR) is 72.2 cm³/mol. The van der Waals surface area contributed by atoms with E-state index in [0.717, 1.165) is 35.1 Å². The van der Waals surface area contributed by atoms with E-state index in [9.17, 15) is 4.79 Å². The summed E-state index contributed by atoms with van der Waals surface area (Å²) in [6.07, 6.45) is 0.980. The first-order valence-electron chi connectivity index (χ1n) is 5.80. The second-order valence-corrected chi connectivity index (χ2v) is 5.82. The van der Waals surface area contributed by atoms with Gasteiger partial charge in [0.2, 0.25) is 0 Å². The van der Waals surface area contributed by atoms with Crippen molar-refractivity contribution < 1.29 is 4.79 Å². The lowest BCUT2D eigenvalue weighted by atomic mass is 10.00. The Bertz CT molecular complexity index is 439. The van der Waals surface area contributed by atoms with Gasteiger partial charge in [0.25, 0.3) is 5.91 Å². The first-order valence-corrected chi connectivity index (χ1v) is 6.59. The van der Waals surface area contributed by atoms with Gasteiger partial charge in [-0.05, 0) is 50.6 Å². The van der Waals surface area contributed by atoms with Crippen molar-refractivity contribution >= 4 is 21.8 Å². The van der Waals surface area contributed by atoms with Crippen molar-refractivity contribution in [2.45, 2.75) is 25.8 Å². The molecular formula is C13H17BrN2O. The van der Waals surface area contributed by atoms with E-state index in [1.54, 1.807) is 0 Å². The highest BCUT2D eigenvalue weighted by Gasteiger charge is 2.30. The fraction of sp³-hybridized carbons (Fsp3) is 0.462. The maximum atomic E-state index is 12.2. The maximum absolute atomic E-state index is 12.2. The number of rotatable bonds is 2. The van der Waals surface area contributed by atoms with Gasteiger partial charge in [0, 0.05) is 16.6 Å². The Kier molecular flexibility index (Phi) is 3.54. The van der Waals surface area contributed by atoms with Crippen molar-refractivity contribution in [1.82, 2.24) is 10.6 Å². The van der Waals surface area contributed by atoms with Crippen LogP contribution in [0.5, 0.6) is 0 Å². The third-order valence-electron chi connectivity index (χ3n) is 3.22. The summed E-state index contributed by atoms with van der Waals surface area (Å²) in [7, 11) is 0. The summed E-state index contributed by atoms with van der Waals surface area (Å²) in [5.41, 5.74) is 1.63. The van der Waals surface area contributed by atoms with Crippen LogP contribution in [0.3, 0.4) is 0 Å². The molecule has 0 aromatic heterocycles. The number of nitrogens with one attached hydrogen (secondary N) is 2. The number of hydrogen-bond acceptors (Lipinski definition) is 2. The van der Waals surface area contributed by atoms with Crippen molar-refractivity contribution in [3.05, 3.63) is 33.8 Å². The van der Waals surface area contributed by atoms with Gasteiger partial charge in [0.15, 0.2) is 0 Å². The summed E-state index contributed by atoms with van der Waals surface area (Å²) in [6.45, 7) is 5.85. The molecular weight excluding hydrogens is 280 g/mol. The lowest BCUT2D eigenvalue weighted by Crippen LogP contribution is -2.47. The molecule has 1 fully saturated rings. The van der Waals surface area contributed by atoms with Gasteiger partial charge in [0.1, 0.15) is 0 Å². The molecule has 0 spiro atoms. The minimum absolute atomic E-state index is 0.0150. The monoisotopic (exact) mass is 296 g/mol. The van der Waals surface area contributed by atoms with E-state index in [0.29, 0.717) is 0 Å². The van der Waals surface area contributed by atoms with E-state index in [2.05, 4.69) is 33.5 Å². The third kappa shape index (κ3) is 2.87. The molecule has 2 N–H and O–H groups in total. The standard InChI is InChI=1S/C13H17BrN2O/c1-9-7-10(14)3-4-11(9)12(17)16-13(2)5-6-15-8-13/h3-4,7,15H,5-6,8H2,1-2H3,(H,16,17). The minimum atomic E-state index is -0.114. The van der Waals surface area contributed by atoms with Crippen molar-refractivity contribution in [3.8, 4) is 0 Å². The number of amides is 1. The van der Waals surface area contributed by atoms with Crippen molar-refractivity contribution in [2.24, 2.45) is 0 Å². The molecule has 17 heavy (non-hydrogen) atoms. The van der Waals surface area contributed by atoms with Crippen LogP contribution in [0.4, 0.5) is 0 Å². The summed E-state index contributed by atoms with van der Waals surface area (Å²) in [6, 6.07) is 5.72. The van der Waals surface area contributed by atoms with Gasteiger partial charge >= 0.3 is 0 Å². The summed E-state index contributed by atoms with van der Waals surface area (Å²) < 4.78 is 1.00. The number of halogens is 1. The summed E-state index contributed by atoms with van der Waals surface area (Å²) >= 11 is 3.40. The van der Waals surface area contributed by atoms with E-state index in [-0.39, 0.29) is 11.4 Å². The topological polar surface area (TPSA) is 41.1 Å². The zero-order chi connectivity index (χ0) is 12.5. The van der Waals surface area contributed by atoms with Crippen LogP contribution < -0.4 is 10.6 Å². The van der Waals surface area contributed by atoms with E-state index < -0.39 is 0 Å². The van der Waals surface area contributed by atoms with Crippen LogP contribution in [-0.4, -0.2) is 24.5 Å². The Morgan fingerprint density at radius 2 is 2.29 bits per heavy atom. The predicted octanol–water partition coefficient (Wildman–Crippen LogP) is 2.24. The molecule has 1 aromatic carbocycles. The second-order valence-electron chi connectivity index (χ2n) is 4.90. The molecule has 1 amide bonds. The van der Waals surface area contributed by atoms with Crippen molar-refractivity contribution in [2.75, 3.05) is 13.1 Å². The zero-order valence-corrected chi connectivity index (χ0v) is 11.7. The van der Waals surface area contributed by atoms with Crippen LogP contribution >= 0.6 is 15.9 Å². The molecule has 1 unspecified atom stereocenters. The number of benzene rings is 1. The molecule has 92 valence electrons. The highest BCUT2D eigenvalue weighted by molar-refractivity contribution is 9.10. The quantitative estimate of drug-likeness (QED) is 0.879. The van der Waals surface area contributed by atoms with Gasteiger partial charge in [-0.25, -0.2) is 0 Å². The van der Waals surface area contributed by atoms with E-state index in [4.69, 9.17) is 0 Å². The second kappa shape index (κ2) is 4.78. The van der Waals surface area contributed by atoms with Gasteiger partial charge < -0.3 is 10.6 Å². The van der Waals surface area contributed by atoms with Crippen LogP contribution in [0.15, 0.2) is 22.7 Å². The highest BCUT2D eigenvalue weighted by atomic mass is 79.9. The van der Waals surface area contributed by atoms with Gasteiger partial charge in [-0.2, -0.15) is 0 Å². The fourth-order valence-corrected chi connectivity index (χ4v) is 2.62. The molecule has 1 aliphatic heterocycles. The van der Waals surface area contributed by atoms with Gasteiger partial charge in [-0.3, -0.25) is 4.79 Å². The summed E-state index contributed by atoms with van der Waals surface area (Å²) in [4.78, 5) is 12.2. The maximum Gasteiger partial charge on any atom is 0.252 e. The molecule has 4 heteroatoms. The first kappa shape index (κ1) is 12.6. The molecule has 1 heterocycles. The third-order valence-corrected chi connectivity index (χ3v) is 3.71. The molecule has 1 aromatic rings. The lowest BCUT2D eigenvalue weighted by Gasteiger charge is -2.24. The summed E-state index contributed by atoms with van der Waals surface area (Å²) in [5, 5.41) is 6.39. The van der Waals surface area contributed by atoms with Crippen molar-refractivity contribution in [1.29, 1.82) is 0 Å². The van der Waals surface area contributed by atoms with Crippen molar-refractivity contribution in [3.63, 3.8) is 0 Å². The Balaban J connectivity index is 2.14. The summed E-state index contributed by atoms with van der Waals surface area (Å²) in [5.74, 6) is 0.0150. The molecule has 0 bridgehead atoms. The molecule has 2 rings (SSSR count). The molecule has 1 aliphatic rings. The van der Waals surface area contributed by atoms with Gasteiger partial charge in [0.05, 0.1) is 5.54 Å². The van der Waals surface area contributed by atoms with E-state index in [1.807, 2.05) is 25.1 Å². The molecule has 0 saturated carbocycles. The zero-order valence-electron chi connectivity index (χ0n) is 10.1. The molecule has 1 atom stereocenters.